The fourth-order valence-electron chi connectivity index (χ4n) is 6.83. The van der Waals surface area contributed by atoms with Gasteiger partial charge in [-0.3, -0.25) is 0 Å². The van der Waals surface area contributed by atoms with Crippen LogP contribution in [-0.4, -0.2) is 19.5 Å². The smallest absolute Gasteiger partial charge is 0.164 e. The maximum Gasteiger partial charge on any atom is 0.164 e. The van der Waals surface area contributed by atoms with Gasteiger partial charge >= 0.3 is 0 Å². The molecule has 214 valence electrons. The van der Waals surface area contributed by atoms with Crippen LogP contribution in [0, 0.1) is 0 Å². The van der Waals surface area contributed by atoms with Gasteiger partial charge < -0.3 is 8.98 Å². The predicted octanol–water partition coefficient (Wildman–Crippen LogP) is 9.87. The summed E-state index contributed by atoms with van der Waals surface area (Å²) in [4.78, 5) is 14.9. The van der Waals surface area contributed by atoms with Gasteiger partial charge in [-0.15, -0.1) is 0 Å². The van der Waals surface area contributed by atoms with Crippen molar-refractivity contribution in [2.75, 3.05) is 0 Å². The number of aromatic nitrogens is 4. The number of rotatable bonds is 4. The maximum absolute atomic E-state index is 6.86. The number of nitrogens with zero attached hydrogens (tertiary/aromatic N) is 4. The molecule has 5 heteroatoms. The molecule has 0 saturated carbocycles. The van der Waals surface area contributed by atoms with E-state index in [9.17, 15) is 0 Å². The third-order valence-electron chi connectivity index (χ3n) is 9.00. The standard InChI is InChI=1S/C40H28N4O/c1-40(2)31-23-22-27(39-42-37(25-14-6-3-7-15-25)41-38(43-39)26-16-8-4-9-17-26)24-30(31)33-34-35(45-36(33)40)29-20-12-13-21-32(29)44(34)28-18-10-5-11-19-28/h3-24H,1-2H3. The van der Waals surface area contributed by atoms with Crippen LogP contribution in [0.2, 0.25) is 0 Å². The minimum absolute atomic E-state index is 0.311. The molecule has 5 aromatic carbocycles. The summed E-state index contributed by atoms with van der Waals surface area (Å²) in [6, 6.07) is 45.8. The maximum atomic E-state index is 6.86. The molecule has 8 aromatic rings. The fourth-order valence-corrected chi connectivity index (χ4v) is 6.83. The molecule has 0 N–H and O–H groups in total. The Hall–Kier alpha value is -5.81. The molecular weight excluding hydrogens is 552 g/mol. The molecule has 9 rings (SSSR count). The highest BCUT2D eigenvalue weighted by atomic mass is 16.3. The lowest BCUT2D eigenvalue weighted by atomic mass is 9.85. The van der Waals surface area contributed by atoms with Gasteiger partial charge in [0.25, 0.3) is 0 Å². The molecule has 45 heavy (non-hydrogen) atoms. The van der Waals surface area contributed by atoms with Crippen LogP contribution in [0.1, 0.15) is 25.2 Å². The van der Waals surface area contributed by atoms with Crippen molar-refractivity contribution < 1.29 is 4.42 Å². The van der Waals surface area contributed by atoms with Crippen molar-refractivity contribution in [3.8, 4) is 51.0 Å². The molecule has 3 aromatic heterocycles. The monoisotopic (exact) mass is 580 g/mol. The summed E-state index contributed by atoms with van der Waals surface area (Å²) in [7, 11) is 0. The van der Waals surface area contributed by atoms with E-state index in [-0.39, 0.29) is 5.41 Å². The molecule has 1 aliphatic rings. The van der Waals surface area contributed by atoms with Gasteiger partial charge in [-0.2, -0.15) is 0 Å². The molecule has 0 unspecified atom stereocenters. The molecule has 1 aliphatic carbocycles. The van der Waals surface area contributed by atoms with E-state index in [2.05, 4.69) is 91.2 Å². The number of hydrogen-bond donors (Lipinski definition) is 0. The van der Waals surface area contributed by atoms with Crippen molar-refractivity contribution in [2.24, 2.45) is 0 Å². The quantitative estimate of drug-likeness (QED) is 0.208. The van der Waals surface area contributed by atoms with E-state index in [1.807, 2.05) is 60.7 Å². The van der Waals surface area contributed by atoms with Gasteiger partial charge in [0, 0.05) is 38.7 Å². The topological polar surface area (TPSA) is 56.7 Å². The van der Waals surface area contributed by atoms with Crippen LogP contribution >= 0.6 is 0 Å². The molecule has 0 radical (unpaired) electrons. The molecule has 0 saturated heterocycles. The summed E-state index contributed by atoms with van der Waals surface area (Å²) in [6.45, 7) is 4.50. The summed E-state index contributed by atoms with van der Waals surface area (Å²) in [5, 5.41) is 1.11. The fraction of sp³-hybridized carbons (Fsp3) is 0.0750. The highest BCUT2D eigenvalue weighted by molar-refractivity contribution is 6.13. The molecule has 0 amide bonds. The Morgan fingerprint density at radius 2 is 1.13 bits per heavy atom. The summed E-state index contributed by atoms with van der Waals surface area (Å²) >= 11 is 0. The number of benzene rings is 5. The Bertz CT molecular complexity index is 2330. The van der Waals surface area contributed by atoms with Crippen LogP contribution in [0.25, 0.3) is 73.0 Å². The lowest BCUT2D eigenvalue weighted by Gasteiger charge is -2.19. The van der Waals surface area contributed by atoms with Gasteiger partial charge in [-0.05, 0) is 55.3 Å². The first-order valence-electron chi connectivity index (χ1n) is 15.2. The van der Waals surface area contributed by atoms with E-state index in [1.165, 1.54) is 5.56 Å². The zero-order valence-electron chi connectivity index (χ0n) is 24.9. The highest BCUT2D eigenvalue weighted by Crippen LogP contribution is 2.55. The number of fused-ring (bicyclic) bond motifs is 7. The summed E-state index contributed by atoms with van der Waals surface area (Å²) in [6.07, 6.45) is 0. The van der Waals surface area contributed by atoms with Gasteiger partial charge in [0.1, 0.15) is 11.3 Å². The van der Waals surface area contributed by atoms with Gasteiger partial charge in [-0.25, -0.2) is 15.0 Å². The van der Waals surface area contributed by atoms with Crippen molar-refractivity contribution in [3.63, 3.8) is 0 Å². The Morgan fingerprint density at radius 3 is 1.78 bits per heavy atom. The van der Waals surface area contributed by atoms with E-state index in [0.717, 1.165) is 61.3 Å². The molecule has 3 heterocycles. The molecule has 0 aliphatic heterocycles. The van der Waals surface area contributed by atoms with Crippen LogP contribution in [0.15, 0.2) is 138 Å². The molecule has 0 bridgehead atoms. The lowest BCUT2D eigenvalue weighted by molar-refractivity contribution is 0.466. The highest BCUT2D eigenvalue weighted by Gasteiger charge is 2.42. The van der Waals surface area contributed by atoms with Crippen LogP contribution in [0.5, 0.6) is 0 Å². The average Bonchev–Trinajstić information content (AvgIpc) is 3.71. The van der Waals surface area contributed by atoms with Crippen LogP contribution in [0.4, 0.5) is 0 Å². The second-order valence-corrected chi connectivity index (χ2v) is 12.1. The Kier molecular flexibility index (Phi) is 5.47. The zero-order chi connectivity index (χ0) is 30.1. The van der Waals surface area contributed by atoms with Gasteiger partial charge in [0.15, 0.2) is 23.1 Å². The van der Waals surface area contributed by atoms with Gasteiger partial charge in [0.2, 0.25) is 0 Å². The van der Waals surface area contributed by atoms with E-state index < -0.39 is 0 Å². The Morgan fingerprint density at radius 1 is 0.578 bits per heavy atom. The molecule has 0 fully saturated rings. The van der Waals surface area contributed by atoms with Crippen LogP contribution in [-0.2, 0) is 5.41 Å². The van der Waals surface area contributed by atoms with Crippen LogP contribution in [0.3, 0.4) is 0 Å². The third-order valence-corrected chi connectivity index (χ3v) is 9.00. The van der Waals surface area contributed by atoms with Gasteiger partial charge in [-0.1, -0.05) is 103 Å². The Balaban J connectivity index is 1.31. The minimum Gasteiger partial charge on any atom is -0.457 e. The van der Waals surface area contributed by atoms with E-state index in [1.54, 1.807) is 0 Å². The lowest BCUT2D eigenvalue weighted by Crippen LogP contribution is -2.14. The average molecular weight is 581 g/mol. The van der Waals surface area contributed by atoms with Crippen molar-refractivity contribution in [3.05, 3.63) is 145 Å². The van der Waals surface area contributed by atoms with Gasteiger partial charge in [0.05, 0.1) is 5.52 Å². The number of furan rings is 1. The van der Waals surface area contributed by atoms with E-state index in [0.29, 0.717) is 17.5 Å². The number of para-hydroxylation sites is 2. The number of hydrogen-bond acceptors (Lipinski definition) is 4. The second kappa shape index (κ2) is 9.60. The zero-order valence-corrected chi connectivity index (χ0v) is 24.9. The van der Waals surface area contributed by atoms with Crippen molar-refractivity contribution in [1.82, 2.24) is 19.5 Å². The van der Waals surface area contributed by atoms with Crippen molar-refractivity contribution in [1.29, 1.82) is 0 Å². The first-order chi connectivity index (χ1) is 22.1. The predicted molar refractivity (Wildman–Crippen MR) is 180 cm³/mol. The first-order valence-corrected chi connectivity index (χ1v) is 15.2. The summed E-state index contributed by atoms with van der Waals surface area (Å²) in [5.41, 5.74) is 10.3. The molecule has 5 nitrogen and oxygen atoms in total. The van der Waals surface area contributed by atoms with E-state index >= 15 is 0 Å². The van der Waals surface area contributed by atoms with Crippen LogP contribution < -0.4 is 0 Å². The molecule has 0 spiro atoms. The summed E-state index contributed by atoms with van der Waals surface area (Å²) in [5.74, 6) is 2.92. The SMILES string of the molecule is CC1(C)c2ccc(-c3nc(-c4ccccc4)nc(-c4ccccc4)n3)cc2-c2c1oc1c3ccccc3n(-c3ccccc3)c21. The molecular formula is C40H28N4O. The summed E-state index contributed by atoms with van der Waals surface area (Å²) < 4.78 is 9.20. The minimum atomic E-state index is -0.311. The normalized spacial score (nSPS) is 13.3. The van der Waals surface area contributed by atoms with Crippen molar-refractivity contribution in [2.45, 2.75) is 19.3 Å². The third kappa shape index (κ3) is 3.84. The Labute approximate surface area is 260 Å². The first kappa shape index (κ1) is 25.7. The van der Waals surface area contributed by atoms with E-state index in [4.69, 9.17) is 19.4 Å². The van der Waals surface area contributed by atoms with Crippen molar-refractivity contribution >= 4 is 22.0 Å². The molecule has 0 atom stereocenters. The second-order valence-electron chi connectivity index (χ2n) is 12.1. The largest absolute Gasteiger partial charge is 0.457 e.